The molecule has 134 valence electrons. The fourth-order valence-corrected chi connectivity index (χ4v) is 3.30. The van der Waals surface area contributed by atoms with Crippen LogP contribution in [0.3, 0.4) is 0 Å². The molecule has 3 rings (SSSR count). The number of carbonyl (C=O) groups excluding carboxylic acids is 3. The van der Waals surface area contributed by atoms with Crippen molar-refractivity contribution in [3.05, 3.63) is 58.1 Å². The monoisotopic (exact) mass is 374 g/mol. The van der Waals surface area contributed by atoms with Crippen LogP contribution in [-0.2, 0) is 9.59 Å². The molecule has 2 heterocycles. The highest BCUT2D eigenvalue weighted by Gasteiger charge is 2.36. The molecule has 1 aliphatic rings. The summed E-state index contributed by atoms with van der Waals surface area (Å²) in [5.74, 6) is -0.500. The van der Waals surface area contributed by atoms with Gasteiger partial charge in [0.1, 0.15) is 23.9 Å². The molecule has 1 N–H and O–H groups in total. The summed E-state index contributed by atoms with van der Waals surface area (Å²) in [6.45, 7) is 3.05. The quantitative estimate of drug-likeness (QED) is 0.826. The maximum Gasteiger partial charge on any atom is 0.294 e. The summed E-state index contributed by atoms with van der Waals surface area (Å²) in [6, 6.07) is 7.41. The summed E-state index contributed by atoms with van der Waals surface area (Å²) in [5.41, 5.74) is 0.688. The van der Waals surface area contributed by atoms with E-state index in [9.17, 15) is 18.8 Å². The molecule has 0 spiro atoms. The van der Waals surface area contributed by atoms with E-state index in [-0.39, 0.29) is 10.6 Å². The largest absolute Gasteiger partial charge is 0.466 e. The van der Waals surface area contributed by atoms with Crippen LogP contribution >= 0.6 is 11.8 Å². The fraction of sp³-hybridized carbons (Fsp3) is 0.167. The van der Waals surface area contributed by atoms with Crippen molar-refractivity contribution >= 4 is 40.6 Å². The van der Waals surface area contributed by atoms with Crippen LogP contribution < -0.4 is 5.32 Å². The number of halogens is 1. The number of hydrogen-bond donors (Lipinski definition) is 1. The molecule has 6 nitrogen and oxygen atoms in total. The lowest BCUT2D eigenvalue weighted by atomic mass is 10.2. The van der Waals surface area contributed by atoms with Gasteiger partial charge < -0.3 is 9.73 Å². The number of carbonyl (C=O) groups is 3. The van der Waals surface area contributed by atoms with Gasteiger partial charge in [-0.15, -0.1) is 0 Å². The van der Waals surface area contributed by atoms with E-state index in [0.717, 1.165) is 16.7 Å². The van der Waals surface area contributed by atoms with Crippen LogP contribution in [0.2, 0.25) is 0 Å². The number of rotatable bonds is 4. The van der Waals surface area contributed by atoms with E-state index in [4.69, 9.17) is 4.42 Å². The van der Waals surface area contributed by atoms with Crippen molar-refractivity contribution in [2.75, 3.05) is 11.9 Å². The second-order valence-corrected chi connectivity index (χ2v) is 6.66. The number of imide groups is 1. The highest BCUT2D eigenvalue weighted by Crippen LogP contribution is 2.33. The number of anilines is 1. The number of benzene rings is 1. The van der Waals surface area contributed by atoms with Gasteiger partial charge in [0.2, 0.25) is 5.91 Å². The summed E-state index contributed by atoms with van der Waals surface area (Å²) in [5, 5.41) is 1.80. The van der Waals surface area contributed by atoms with Gasteiger partial charge >= 0.3 is 0 Å². The molecule has 1 saturated heterocycles. The molecule has 1 aromatic heterocycles. The van der Waals surface area contributed by atoms with Crippen LogP contribution in [0.1, 0.15) is 17.1 Å². The van der Waals surface area contributed by atoms with Crippen molar-refractivity contribution in [2.24, 2.45) is 0 Å². The Bertz CT molecular complexity index is 935. The van der Waals surface area contributed by atoms with Crippen LogP contribution in [0.15, 0.2) is 39.7 Å². The van der Waals surface area contributed by atoms with Crippen LogP contribution in [0, 0.1) is 19.7 Å². The molecule has 0 aliphatic carbocycles. The molecular weight excluding hydrogens is 359 g/mol. The summed E-state index contributed by atoms with van der Waals surface area (Å²) in [7, 11) is 0. The Balaban J connectivity index is 1.72. The minimum absolute atomic E-state index is 0.00971. The molecule has 2 aromatic rings. The number of aryl methyl sites for hydroxylation is 2. The lowest BCUT2D eigenvalue weighted by Crippen LogP contribution is -2.36. The number of nitrogens with zero attached hydrogens (tertiary/aromatic N) is 1. The first-order valence-electron chi connectivity index (χ1n) is 7.72. The van der Waals surface area contributed by atoms with E-state index in [1.54, 1.807) is 32.1 Å². The highest BCUT2D eigenvalue weighted by molar-refractivity contribution is 8.18. The fourth-order valence-electron chi connectivity index (χ4n) is 2.47. The minimum Gasteiger partial charge on any atom is -0.466 e. The number of thioether (sulfide) groups is 1. The molecule has 0 radical (unpaired) electrons. The number of hydrogen-bond acceptors (Lipinski definition) is 5. The van der Waals surface area contributed by atoms with Crippen molar-refractivity contribution in [1.29, 1.82) is 0 Å². The maximum absolute atomic E-state index is 13.6. The Morgan fingerprint density at radius 2 is 2.04 bits per heavy atom. The molecule has 0 bridgehead atoms. The number of para-hydroxylation sites is 1. The van der Waals surface area contributed by atoms with Gasteiger partial charge in [-0.3, -0.25) is 19.3 Å². The SMILES string of the molecule is Cc1cc(/C=C2\SC(=O)N(CC(=O)Nc3ccccc3F)C2=O)c(C)o1. The number of furan rings is 1. The third-order valence-corrected chi connectivity index (χ3v) is 4.60. The van der Waals surface area contributed by atoms with Gasteiger partial charge in [0.15, 0.2) is 0 Å². The summed E-state index contributed by atoms with van der Waals surface area (Å²) in [6.07, 6.45) is 1.56. The molecule has 0 saturated carbocycles. The number of nitrogens with one attached hydrogen (secondary N) is 1. The third-order valence-electron chi connectivity index (χ3n) is 3.69. The van der Waals surface area contributed by atoms with E-state index < -0.39 is 29.4 Å². The summed E-state index contributed by atoms with van der Waals surface area (Å²) >= 11 is 0.749. The van der Waals surface area contributed by atoms with Gasteiger partial charge in [0.05, 0.1) is 10.6 Å². The Labute approximate surface area is 153 Å². The van der Waals surface area contributed by atoms with E-state index in [1.165, 1.54) is 18.2 Å². The molecule has 0 unspecified atom stereocenters. The standard InChI is InChI=1S/C18H15FN2O4S/c1-10-7-12(11(2)25-10)8-15-17(23)21(18(24)26-15)9-16(22)20-14-6-4-3-5-13(14)19/h3-8H,9H2,1-2H3,(H,20,22)/b15-8-. The first kappa shape index (κ1) is 17.9. The molecule has 8 heteroatoms. The van der Waals surface area contributed by atoms with Crippen molar-refractivity contribution < 1.29 is 23.2 Å². The first-order valence-corrected chi connectivity index (χ1v) is 8.53. The number of amides is 3. The summed E-state index contributed by atoms with van der Waals surface area (Å²) in [4.78, 5) is 37.6. The van der Waals surface area contributed by atoms with Crippen LogP contribution in [0.5, 0.6) is 0 Å². The van der Waals surface area contributed by atoms with Crippen LogP contribution in [0.4, 0.5) is 14.9 Å². The van der Waals surface area contributed by atoms with Gasteiger partial charge in [-0.05, 0) is 49.9 Å². The first-order chi connectivity index (χ1) is 12.3. The molecule has 0 atom stereocenters. The van der Waals surface area contributed by atoms with Gasteiger partial charge in [-0.2, -0.15) is 0 Å². The summed E-state index contributed by atoms with van der Waals surface area (Å²) < 4.78 is 19.0. The molecular formula is C18H15FN2O4S. The zero-order valence-corrected chi connectivity index (χ0v) is 14.9. The lowest BCUT2D eigenvalue weighted by molar-refractivity contribution is -0.127. The second kappa shape index (κ2) is 7.17. The minimum atomic E-state index is -0.658. The van der Waals surface area contributed by atoms with E-state index in [0.29, 0.717) is 17.1 Å². The van der Waals surface area contributed by atoms with Crippen molar-refractivity contribution in [2.45, 2.75) is 13.8 Å². The van der Waals surface area contributed by atoms with Gasteiger partial charge in [0.25, 0.3) is 11.1 Å². The Hall–Kier alpha value is -2.87. The maximum atomic E-state index is 13.6. The van der Waals surface area contributed by atoms with E-state index in [2.05, 4.69) is 5.32 Å². The van der Waals surface area contributed by atoms with Crippen molar-refractivity contribution in [3.8, 4) is 0 Å². The molecule has 26 heavy (non-hydrogen) atoms. The topological polar surface area (TPSA) is 79.6 Å². The van der Waals surface area contributed by atoms with Gasteiger partial charge in [0, 0.05) is 5.56 Å². The predicted octanol–water partition coefficient (Wildman–Crippen LogP) is 3.71. The molecule has 3 amide bonds. The predicted molar refractivity (Wildman–Crippen MR) is 95.9 cm³/mol. The van der Waals surface area contributed by atoms with Crippen LogP contribution in [0.25, 0.3) is 6.08 Å². The Morgan fingerprint density at radius 1 is 1.31 bits per heavy atom. The van der Waals surface area contributed by atoms with E-state index in [1.807, 2.05) is 0 Å². The van der Waals surface area contributed by atoms with Crippen molar-refractivity contribution in [3.63, 3.8) is 0 Å². The zero-order valence-electron chi connectivity index (χ0n) is 14.0. The molecule has 1 fully saturated rings. The average molecular weight is 374 g/mol. The van der Waals surface area contributed by atoms with Gasteiger partial charge in [-0.25, -0.2) is 4.39 Å². The van der Waals surface area contributed by atoms with E-state index >= 15 is 0 Å². The Kier molecular flexibility index (Phi) is 4.94. The Morgan fingerprint density at radius 3 is 2.69 bits per heavy atom. The highest BCUT2D eigenvalue weighted by atomic mass is 32.2. The normalized spacial score (nSPS) is 15.8. The smallest absolute Gasteiger partial charge is 0.294 e. The second-order valence-electron chi connectivity index (χ2n) is 5.66. The molecule has 1 aliphatic heterocycles. The average Bonchev–Trinajstić information content (AvgIpc) is 3.03. The zero-order chi connectivity index (χ0) is 18.8. The van der Waals surface area contributed by atoms with Gasteiger partial charge in [-0.1, -0.05) is 12.1 Å². The van der Waals surface area contributed by atoms with Crippen molar-refractivity contribution in [1.82, 2.24) is 4.90 Å². The third kappa shape index (κ3) is 3.70. The molecule has 1 aromatic carbocycles. The van der Waals surface area contributed by atoms with Crippen LogP contribution in [-0.4, -0.2) is 28.5 Å². The lowest BCUT2D eigenvalue weighted by Gasteiger charge is -2.12.